The van der Waals surface area contributed by atoms with Gasteiger partial charge in [0.25, 0.3) is 5.56 Å². The number of rotatable bonds is 3. The van der Waals surface area contributed by atoms with E-state index in [1.807, 2.05) is 40.8 Å². The van der Waals surface area contributed by atoms with E-state index in [-0.39, 0.29) is 12.4 Å². The van der Waals surface area contributed by atoms with E-state index in [9.17, 15) is 4.79 Å². The number of halogens is 1. The molecule has 1 aliphatic heterocycles. The van der Waals surface area contributed by atoms with Gasteiger partial charge in [-0.1, -0.05) is 6.07 Å². The molecule has 0 radical (unpaired) electrons. The molecule has 19 heavy (non-hydrogen) atoms. The number of hydrogen-bond acceptors (Lipinski definition) is 5. The number of aromatic nitrogens is 2. The summed E-state index contributed by atoms with van der Waals surface area (Å²) >= 11 is 1.96. The molecule has 98 valence electrons. The molecule has 0 bridgehead atoms. The lowest BCUT2D eigenvalue weighted by Gasteiger charge is -2.07. The molecule has 0 spiro atoms. The molecule has 1 aliphatic rings. The molecule has 0 amide bonds. The van der Waals surface area contributed by atoms with Gasteiger partial charge in [-0.25, -0.2) is 4.98 Å². The Kier molecular flexibility index (Phi) is 3.28. The van der Waals surface area contributed by atoms with Crippen molar-refractivity contribution in [1.82, 2.24) is 9.97 Å². The smallest absolute Gasteiger partial charge is 0.266 e. The average molecular weight is 371 g/mol. The number of nitrogens with one attached hydrogen (secondary N) is 2. The maximum absolute atomic E-state index is 11.4. The van der Waals surface area contributed by atoms with E-state index in [0.29, 0.717) is 15.9 Å². The molecule has 0 aliphatic carbocycles. The van der Waals surface area contributed by atoms with Crippen LogP contribution in [-0.2, 0) is 6.54 Å². The van der Waals surface area contributed by atoms with Crippen LogP contribution in [0.1, 0.15) is 5.56 Å². The van der Waals surface area contributed by atoms with Crippen molar-refractivity contribution >= 4 is 28.4 Å². The van der Waals surface area contributed by atoms with Gasteiger partial charge in [-0.15, -0.1) is 0 Å². The number of benzene rings is 1. The van der Waals surface area contributed by atoms with Crippen molar-refractivity contribution in [2.24, 2.45) is 0 Å². The van der Waals surface area contributed by atoms with Gasteiger partial charge in [-0.3, -0.25) is 4.79 Å². The fourth-order valence-electron chi connectivity index (χ4n) is 1.74. The first-order valence-electron chi connectivity index (χ1n) is 5.59. The Balaban J connectivity index is 1.76. The van der Waals surface area contributed by atoms with Crippen molar-refractivity contribution in [1.29, 1.82) is 0 Å². The number of ether oxygens (including phenoxy) is 2. The minimum absolute atomic E-state index is 0.149. The quantitative estimate of drug-likeness (QED) is 0.804. The van der Waals surface area contributed by atoms with Crippen LogP contribution in [0.15, 0.2) is 29.3 Å². The van der Waals surface area contributed by atoms with Crippen LogP contribution >= 0.6 is 22.6 Å². The third-order valence-electron chi connectivity index (χ3n) is 2.69. The Morgan fingerprint density at radius 1 is 1.37 bits per heavy atom. The molecule has 6 nitrogen and oxygen atoms in total. The van der Waals surface area contributed by atoms with Gasteiger partial charge >= 0.3 is 0 Å². The molecule has 0 saturated carbocycles. The predicted octanol–water partition coefficient (Wildman–Crippen LogP) is 1.72. The second-order valence-corrected chi connectivity index (χ2v) is 5.01. The zero-order chi connectivity index (χ0) is 13.2. The number of H-pyrrole nitrogens is 1. The van der Waals surface area contributed by atoms with Crippen LogP contribution in [0.25, 0.3) is 0 Å². The zero-order valence-electron chi connectivity index (χ0n) is 9.77. The van der Waals surface area contributed by atoms with E-state index in [4.69, 9.17) is 9.47 Å². The second kappa shape index (κ2) is 5.08. The van der Waals surface area contributed by atoms with E-state index in [1.54, 1.807) is 0 Å². The summed E-state index contributed by atoms with van der Waals surface area (Å²) in [5.41, 5.74) is 0.880. The van der Waals surface area contributed by atoms with Crippen LogP contribution in [0.3, 0.4) is 0 Å². The number of nitrogens with zero attached hydrogens (tertiary/aromatic N) is 1. The second-order valence-electron chi connectivity index (χ2n) is 3.94. The molecule has 7 heteroatoms. The Morgan fingerprint density at radius 2 is 2.21 bits per heavy atom. The van der Waals surface area contributed by atoms with Crippen LogP contribution in [0, 0.1) is 3.57 Å². The summed E-state index contributed by atoms with van der Waals surface area (Å²) in [4.78, 5) is 18.0. The molecule has 0 fully saturated rings. The Hall–Kier alpha value is -1.77. The molecule has 3 rings (SSSR count). The highest BCUT2D eigenvalue weighted by Crippen LogP contribution is 2.32. The lowest BCUT2D eigenvalue weighted by Crippen LogP contribution is -2.14. The maximum atomic E-state index is 11.4. The van der Waals surface area contributed by atoms with Gasteiger partial charge in [0.15, 0.2) is 11.5 Å². The van der Waals surface area contributed by atoms with E-state index >= 15 is 0 Å². The summed E-state index contributed by atoms with van der Waals surface area (Å²) in [5, 5.41) is 3.13. The van der Waals surface area contributed by atoms with Gasteiger partial charge in [-0.2, -0.15) is 0 Å². The Bertz CT molecular complexity index is 672. The minimum atomic E-state index is -0.149. The molecular formula is C12H10IN3O3. The van der Waals surface area contributed by atoms with Crippen molar-refractivity contribution in [3.63, 3.8) is 0 Å². The molecule has 0 unspecified atom stereocenters. The molecule has 0 saturated heterocycles. The topological polar surface area (TPSA) is 76.2 Å². The molecular weight excluding hydrogens is 361 g/mol. The van der Waals surface area contributed by atoms with Crippen LogP contribution < -0.4 is 20.3 Å². The van der Waals surface area contributed by atoms with Crippen molar-refractivity contribution in [3.8, 4) is 11.5 Å². The molecule has 2 aromatic rings. The highest BCUT2D eigenvalue weighted by molar-refractivity contribution is 14.1. The van der Waals surface area contributed by atoms with Gasteiger partial charge in [-0.05, 0) is 40.3 Å². The van der Waals surface area contributed by atoms with E-state index in [2.05, 4.69) is 15.3 Å². The van der Waals surface area contributed by atoms with Gasteiger partial charge < -0.3 is 19.8 Å². The van der Waals surface area contributed by atoms with Crippen molar-refractivity contribution in [3.05, 3.63) is 44.0 Å². The van der Waals surface area contributed by atoms with Gasteiger partial charge in [0, 0.05) is 6.54 Å². The Labute approximate surface area is 122 Å². The first-order chi connectivity index (χ1) is 9.24. The van der Waals surface area contributed by atoms with Crippen LogP contribution in [0.2, 0.25) is 0 Å². The van der Waals surface area contributed by atoms with Gasteiger partial charge in [0.05, 0.1) is 6.33 Å². The highest BCUT2D eigenvalue weighted by atomic mass is 127. The number of aromatic amines is 1. The fraction of sp³-hybridized carbons (Fsp3) is 0.167. The normalized spacial score (nSPS) is 12.5. The maximum Gasteiger partial charge on any atom is 0.266 e. The standard InChI is InChI=1S/C12H10IN3O3/c13-10-11(15-5-16-12(10)17)14-4-7-1-2-8-9(3-7)19-6-18-8/h1-3,5H,4,6H2,(H2,14,15,16,17). The summed E-state index contributed by atoms with van der Waals surface area (Å²) in [7, 11) is 0. The summed E-state index contributed by atoms with van der Waals surface area (Å²) in [6.07, 6.45) is 1.38. The van der Waals surface area contributed by atoms with Crippen molar-refractivity contribution in [2.75, 3.05) is 12.1 Å². The average Bonchev–Trinajstić information content (AvgIpc) is 2.88. The zero-order valence-corrected chi connectivity index (χ0v) is 11.9. The lowest BCUT2D eigenvalue weighted by molar-refractivity contribution is 0.174. The lowest BCUT2D eigenvalue weighted by atomic mass is 10.2. The minimum Gasteiger partial charge on any atom is -0.454 e. The number of anilines is 1. The van der Waals surface area contributed by atoms with Crippen LogP contribution in [-0.4, -0.2) is 16.8 Å². The summed E-state index contributed by atoms with van der Waals surface area (Å²) < 4.78 is 11.1. The van der Waals surface area contributed by atoms with Crippen molar-refractivity contribution < 1.29 is 9.47 Å². The fourth-order valence-corrected chi connectivity index (χ4v) is 2.23. The molecule has 2 N–H and O–H groups in total. The predicted molar refractivity (Wildman–Crippen MR) is 77.5 cm³/mol. The Morgan fingerprint density at radius 3 is 3.11 bits per heavy atom. The highest BCUT2D eigenvalue weighted by Gasteiger charge is 2.13. The largest absolute Gasteiger partial charge is 0.454 e. The number of fused-ring (bicyclic) bond motifs is 1. The summed E-state index contributed by atoms with van der Waals surface area (Å²) in [6, 6.07) is 5.73. The number of hydrogen-bond donors (Lipinski definition) is 2. The van der Waals surface area contributed by atoms with E-state index in [1.165, 1.54) is 6.33 Å². The molecule has 1 aromatic carbocycles. The summed E-state index contributed by atoms with van der Waals surface area (Å²) in [6.45, 7) is 0.822. The first kappa shape index (κ1) is 12.3. The third-order valence-corrected chi connectivity index (χ3v) is 3.69. The van der Waals surface area contributed by atoms with Crippen LogP contribution in [0.4, 0.5) is 5.82 Å². The third kappa shape index (κ3) is 2.50. The SMILES string of the molecule is O=c1[nH]cnc(NCc2ccc3c(c2)OCO3)c1I. The van der Waals surface area contributed by atoms with Gasteiger partial charge in [0.2, 0.25) is 6.79 Å². The van der Waals surface area contributed by atoms with E-state index in [0.717, 1.165) is 17.1 Å². The summed E-state index contributed by atoms with van der Waals surface area (Å²) in [5.74, 6) is 2.07. The van der Waals surface area contributed by atoms with E-state index < -0.39 is 0 Å². The van der Waals surface area contributed by atoms with Crippen molar-refractivity contribution in [2.45, 2.75) is 6.54 Å². The molecule has 0 atom stereocenters. The molecule has 2 heterocycles. The first-order valence-corrected chi connectivity index (χ1v) is 6.67. The monoisotopic (exact) mass is 371 g/mol. The molecule has 1 aromatic heterocycles. The van der Waals surface area contributed by atoms with Gasteiger partial charge in [0.1, 0.15) is 9.39 Å². The van der Waals surface area contributed by atoms with Crippen LogP contribution in [0.5, 0.6) is 11.5 Å².